The Morgan fingerprint density at radius 1 is 0.818 bits per heavy atom. The average Bonchev–Trinajstić information content (AvgIpc) is 3.41. The molecule has 0 atom stereocenters. The SMILES string of the molecule is O=C1/C(=C\c2ccc(-c3ccc(Cl)c(Cl)c3)o2)C=C(c2ccccc2)N1c1cccc(Br)c1. The second kappa shape index (κ2) is 9.06. The van der Waals surface area contributed by atoms with Gasteiger partial charge in [0, 0.05) is 15.6 Å². The maximum atomic E-state index is 13.5. The van der Waals surface area contributed by atoms with Gasteiger partial charge in [-0.15, -0.1) is 0 Å². The van der Waals surface area contributed by atoms with Crippen LogP contribution in [0.2, 0.25) is 10.0 Å². The Kier molecular flexibility index (Phi) is 5.98. The van der Waals surface area contributed by atoms with Crippen molar-refractivity contribution in [2.75, 3.05) is 4.90 Å². The van der Waals surface area contributed by atoms with Gasteiger partial charge in [-0.2, -0.15) is 0 Å². The van der Waals surface area contributed by atoms with Gasteiger partial charge in [0.2, 0.25) is 0 Å². The van der Waals surface area contributed by atoms with E-state index in [1.54, 1.807) is 23.1 Å². The van der Waals surface area contributed by atoms with Crippen LogP contribution >= 0.6 is 39.1 Å². The van der Waals surface area contributed by atoms with Crippen molar-refractivity contribution in [3.05, 3.63) is 122 Å². The third kappa shape index (κ3) is 4.42. The van der Waals surface area contributed by atoms with Crippen molar-refractivity contribution in [2.45, 2.75) is 0 Å². The second-order valence-corrected chi connectivity index (χ2v) is 9.18. The lowest BCUT2D eigenvalue weighted by Gasteiger charge is -2.21. The Morgan fingerprint density at radius 2 is 1.64 bits per heavy atom. The summed E-state index contributed by atoms with van der Waals surface area (Å²) in [5.74, 6) is 1.08. The Morgan fingerprint density at radius 3 is 2.39 bits per heavy atom. The first-order valence-electron chi connectivity index (χ1n) is 10.1. The molecule has 1 amide bonds. The average molecular weight is 537 g/mol. The molecular weight excluding hydrogens is 521 g/mol. The Labute approximate surface area is 209 Å². The van der Waals surface area contributed by atoms with Gasteiger partial charge in [0.15, 0.2) is 0 Å². The number of hydrogen-bond donors (Lipinski definition) is 0. The molecule has 0 radical (unpaired) electrons. The molecule has 1 aliphatic heterocycles. The van der Waals surface area contributed by atoms with Gasteiger partial charge in [-0.3, -0.25) is 9.69 Å². The minimum Gasteiger partial charge on any atom is -0.457 e. The molecule has 6 heteroatoms. The summed E-state index contributed by atoms with van der Waals surface area (Å²) in [4.78, 5) is 15.2. The smallest absolute Gasteiger partial charge is 0.263 e. The summed E-state index contributed by atoms with van der Waals surface area (Å²) >= 11 is 15.7. The van der Waals surface area contributed by atoms with E-state index in [0.29, 0.717) is 27.1 Å². The van der Waals surface area contributed by atoms with Crippen LogP contribution in [0.15, 0.2) is 105 Å². The number of halogens is 3. The van der Waals surface area contributed by atoms with E-state index < -0.39 is 0 Å². The van der Waals surface area contributed by atoms with Gasteiger partial charge >= 0.3 is 0 Å². The third-order valence-corrected chi connectivity index (χ3v) is 6.48. The number of amides is 1. The summed E-state index contributed by atoms with van der Waals surface area (Å²) in [6.07, 6.45) is 3.64. The number of carbonyl (C=O) groups excluding carboxylic acids is 1. The van der Waals surface area contributed by atoms with E-state index in [9.17, 15) is 4.79 Å². The lowest BCUT2D eigenvalue weighted by Crippen LogP contribution is -2.24. The maximum Gasteiger partial charge on any atom is 0.263 e. The third-order valence-electron chi connectivity index (χ3n) is 5.25. The number of carbonyl (C=O) groups is 1. The van der Waals surface area contributed by atoms with Crippen LogP contribution in [0.25, 0.3) is 23.1 Å². The first kappa shape index (κ1) is 21.8. The number of nitrogens with zero attached hydrogens (tertiary/aromatic N) is 1. The van der Waals surface area contributed by atoms with Crippen molar-refractivity contribution in [1.29, 1.82) is 0 Å². The first-order valence-corrected chi connectivity index (χ1v) is 11.7. The number of hydrogen-bond acceptors (Lipinski definition) is 2. The molecule has 0 unspecified atom stereocenters. The zero-order chi connectivity index (χ0) is 22.9. The van der Waals surface area contributed by atoms with Gasteiger partial charge in [0.05, 0.1) is 21.4 Å². The fourth-order valence-corrected chi connectivity index (χ4v) is 4.38. The van der Waals surface area contributed by atoms with Gasteiger partial charge in [-0.25, -0.2) is 0 Å². The van der Waals surface area contributed by atoms with Crippen LogP contribution in [0.1, 0.15) is 11.3 Å². The summed E-state index contributed by atoms with van der Waals surface area (Å²) in [5, 5.41) is 0.939. The molecule has 3 nitrogen and oxygen atoms in total. The van der Waals surface area contributed by atoms with E-state index in [1.165, 1.54) is 0 Å². The predicted octanol–water partition coefficient (Wildman–Crippen LogP) is 8.49. The summed E-state index contributed by atoms with van der Waals surface area (Å²) in [7, 11) is 0. The minimum atomic E-state index is -0.126. The van der Waals surface area contributed by atoms with Crippen molar-refractivity contribution < 1.29 is 9.21 Å². The fraction of sp³-hybridized carbons (Fsp3) is 0. The number of furan rings is 1. The Balaban J connectivity index is 1.54. The molecule has 0 saturated heterocycles. The molecule has 4 aromatic rings. The van der Waals surface area contributed by atoms with Crippen LogP contribution in [0, 0.1) is 0 Å². The van der Waals surface area contributed by atoms with E-state index in [-0.39, 0.29) is 5.91 Å². The molecule has 5 rings (SSSR count). The lowest BCUT2D eigenvalue weighted by atomic mass is 10.1. The molecule has 162 valence electrons. The van der Waals surface area contributed by atoms with Gasteiger partial charge < -0.3 is 4.42 Å². The molecule has 0 aliphatic carbocycles. The quantitative estimate of drug-likeness (QED) is 0.245. The van der Waals surface area contributed by atoms with Crippen LogP contribution < -0.4 is 4.90 Å². The lowest BCUT2D eigenvalue weighted by molar-refractivity contribution is -0.113. The predicted molar refractivity (Wildman–Crippen MR) is 138 cm³/mol. The molecule has 0 bridgehead atoms. The van der Waals surface area contributed by atoms with Crippen LogP contribution in [0.3, 0.4) is 0 Å². The summed E-state index contributed by atoms with van der Waals surface area (Å²) < 4.78 is 6.89. The van der Waals surface area contributed by atoms with E-state index >= 15 is 0 Å². The van der Waals surface area contributed by atoms with E-state index in [1.807, 2.05) is 78.9 Å². The van der Waals surface area contributed by atoms with Crippen LogP contribution in [-0.4, -0.2) is 5.91 Å². The van der Waals surface area contributed by atoms with Crippen LogP contribution in [0.4, 0.5) is 5.69 Å². The zero-order valence-corrected chi connectivity index (χ0v) is 20.2. The number of benzene rings is 3. The highest BCUT2D eigenvalue weighted by Gasteiger charge is 2.30. The molecule has 3 aromatic carbocycles. The highest BCUT2D eigenvalue weighted by molar-refractivity contribution is 9.10. The van der Waals surface area contributed by atoms with Gasteiger partial charge in [-0.1, -0.05) is 75.5 Å². The molecule has 2 heterocycles. The largest absolute Gasteiger partial charge is 0.457 e. The van der Waals surface area contributed by atoms with Crippen molar-refractivity contribution in [1.82, 2.24) is 0 Å². The van der Waals surface area contributed by atoms with Crippen LogP contribution in [0.5, 0.6) is 0 Å². The second-order valence-electron chi connectivity index (χ2n) is 7.45. The standard InChI is InChI=1S/C27H16BrCl2NO2/c28-20-7-4-8-21(16-20)31-25(17-5-2-1-3-6-17)15-19(27(31)32)13-22-10-12-26(33-22)18-9-11-23(29)24(30)14-18/h1-16H/b19-13-. The highest BCUT2D eigenvalue weighted by atomic mass is 79.9. The Hall–Kier alpha value is -3.05. The van der Waals surface area contributed by atoms with Gasteiger partial charge in [0.25, 0.3) is 5.91 Å². The van der Waals surface area contributed by atoms with Gasteiger partial charge in [0.1, 0.15) is 11.5 Å². The monoisotopic (exact) mass is 535 g/mol. The van der Waals surface area contributed by atoms with Crippen molar-refractivity contribution in [2.24, 2.45) is 0 Å². The van der Waals surface area contributed by atoms with Gasteiger partial charge in [-0.05, 0) is 66.2 Å². The maximum absolute atomic E-state index is 13.5. The Bertz CT molecular complexity index is 1420. The molecular formula is C27H16BrCl2NO2. The van der Waals surface area contributed by atoms with Crippen molar-refractivity contribution in [3.63, 3.8) is 0 Å². The normalized spacial score (nSPS) is 14.8. The van der Waals surface area contributed by atoms with Crippen LogP contribution in [-0.2, 0) is 4.79 Å². The molecule has 1 aliphatic rings. The zero-order valence-electron chi connectivity index (χ0n) is 17.1. The highest BCUT2D eigenvalue weighted by Crippen LogP contribution is 2.37. The van der Waals surface area contributed by atoms with E-state index in [2.05, 4.69) is 15.9 Å². The minimum absolute atomic E-state index is 0.126. The summed E-state index contributed by atoms with van der Waals surface area (Å²) in [6.45, 7) is 0. The molecule has 0 spiro atoms. The topological polar surface area (TPSA) is 33.5 Å². The molecule has 33 heavy (non-hydrogen) atoms. The van der Waals surface area contributed by atoms with Crippen molar-refractivity contribution >= 4 is 62.5 Å². The number of anilines is 1. The van der Waals surface area contributed by atoms with E-state index in [4.69, 9.17) is 27.6 Å². The van der Waals surface area contributed by atoms with Crippen molar-refractivity contribution in [3.8, 4) is 11.3 Å². The fourth-order valence-electron chi connectivity index (χ4n) is 3.70. The molecule has 0 fully saturated rings. The molecule has 0 N–H and O–H groups in total. The summed E-state index contributed by atoms with van der Waals surface area (Å²) in [6, 6.07) is 26.5. The molecule has 1 aromatic heterocycles. The summed E-state index contributed by atoms with van der Waals surface area (Å²) in [5.41, 5.74) is 3.88. The molecule has 0 saturated carbocycles. The number of rotatable bonds is 4. The first-order chi connectivity index (χ1) is 16.0. The van der Waals surface area contributed by atoms with E-state index in [0.717, 1.165) is 27.0 Å².